The van der Waals surface area contributed by atoms with Crippen LogP contribution in [-0.4, -0.2) is 15.7 Å². The van der Waals surface area contributed by atoms with Crippen molar-refractivity contribution >= 4 is 0 Å². The van der Waals surface area contributed by atoms with Crippen LogP contribution in [0.4, 0.5) is 13.2 Å². The Morgan fingerprint density at radius 1 is 1.42 bits per heavy atom. The number of rotatable bonds is 1. The van der Waals surface area contributed by atoms with Gasteiger partial charge < -0.3 is 14.7 Å². The second kappa shape index (κ2) is 4.12. The molecule has 0 bridgehead atoms. The smallest absolute Gasteiger partial charge is 0.393 e. The first-order valence-electron chi connectivity index (χ1n) is 5.88. The van der Waals surface area contributed by atoms with Gasteiger partial charge in [-0.1, -0.05) is 0 Å². The van der Waals surface area contributed by atoms with Gasteiger partial charge in [-0.25, -0.2) is 4.98 Å². The molecular weight excluding hydrogens is 259 g/mol. The molecule has 0 aromatic carbocycles. The third-order valence-corrected chi connectivity index (χ3v) is 3.33. The summed E-state index contributed by atoms with van der Waals surface area (Å²) in [5.74, 6) is -0.418. The van der Waals surface area contributed by atoms with Crippen molar-refractivity contribution < 1.29 is 17.6 Å². The van der Waals surface area contributed by atoms with Crippen molar-refractivity contribution in [2.24, 2.45) is 11.7 Å². The molecule has 102 valence electrons. The second-order valence-corrected chi connectivity index (χ2v) is 4.69. The summed E-state index contributed by atoms with van der Waals surface area (Å²) in [7, 11) is 0. The molecule has 0 amide bonds. The summed E-state index contributed by atoms with van der Waals surface area (Å²) in [4.78, 5) is 4.27. The third-order valence-electron chi connectivity index (χ3n) is 3.33. The molecule has 1 aliphatic rings. The molecule has 4 nitrogen and oxygen atoms in total. The molecule has 19 heavy (non-hydrogen) atoms. The highest BCUT2D eigenvalue weighted by atomic mass is 19.4. The standard InChI is InChI=1S/C12H12F3N3O/c13-12(14,15)7-4-8(16)11-17-9(6-18(11)5-7)10-2-1-3-19-10/h1-3,6-8H,4-5,16H2. The topological polar surface area (TPSA) is 57.0 Å². The van der Waals surface area contributed by atoms with E-state index in [1.165, 1.54) is 10.8 Å². The van der Waals surface area contributed by atoms with E-state index < -0.39 is 18.1 Å². The van der Waals surface area contributed by atoms with Crippen LogP contribution in [0.25, 0.3) is 11.5 Å². The van der Waals surface area contributed by atoms with Crippen molar-refractivity contribution in [3.63, 3.8) is 0 Å². The number of fused-ring (bicyclic) bond motifs is 1. The quantitative estimate of drug-likeness (QED) is 0.867. The first-order chi connectivity index (χ1) is 8.95. The fourth-order valence-corrected chi connectivity index (χ4v) is 2.38. The lowest BCUT2D eigenvalue weighted by Crippen LogP contribution is -2.36. The summed E-state index contributed by atoms with van der Waals surface area (Å²) in [5, 5.41) is 0. The van der Waals surface area contributed by atoms with Crippen LogP contribution in [0.15, 0.2) is 29.0 Å². The van der Waals surface area contributed by atoms with Crippen LogP contribution in [0.3, 0.4) is 0 Å². The van der Waals surface area contributed by atoms with Gasteiger partial charge in [0.05, 0.1) is 18.2 Å². The van der Waals surface area contributed by atoms with E-state index in [1.807, 2.05) is 0 Å². The lowest BCUT2D eigenvalue weighted by atomic mass is 9.95. The Morgan fingerprint density at radius 2 is 2.21 bits per heavy atom. The van der Waals surface area contributed by atoms with Gasteiger partial charge in [0.25, 0.3) is 0 Å². The molecule has 2 unspecified atom stereocenters. The zero-order valence-electron chi connectivity index (χ0n) is 9.89. The highest BCUT2D eigenvalue weighted by Crippen LogP contribution is 2.38. The Bertz CT molecular complexity index is 574. The first-order valence-corrected chi connectivity index (χ1v) is 5.88. The van der Waals surface area contributed by atoms with Gasteiger partial charge in [-0.15, -0.1) is 0 Å². The van der Waals surface area contributed by atoms with Gasteiger partial charge in [-0.2, -0.15) is 13.2 Å². The molecule has 2 aromatic rings. The molecule has 0 radical (unpaired) electrons. The Hall–Kier alpha value is -1.76. The average Bonchev–Trinajstić information content (AvgIpc) is 2.95. The summed E-state index contributed by atoms with van der Waals surface area (Å²) >= 11 is 0. The summed E-state index contributed by atoms with van der Waals surface area (Å²) in [5.41, 5.74) is 6.30. The number of alkyl halides is 3. The summed E-state index contributed by atoms with van der Waals surface area (Å²) < 4.78 is 45.0. The molecule has 0 saturated carbocycles. The number of imidazole rings is 1. The molecule has 7 heteroatoms. The first kappa shape index (κ1) is 12.3. The van der Waals surface area contributed by atoms with E-state index in [-0.39, 0.29) is 13.0 Å². The van der Waals surface area contributed by atoms with Crippen molar-refractivity contribution in [1.29, 1.82) is 0 Å². The summed E-state index contributed by atoms with van der Waals surface area (Å²) in [6, 6.07) is 2.71. The van der Waals surface area contributed by atoms with Crippen molar-refractivity contribution in [3.05, 3.63) is 30.4 Å². The largest absolute Gasteiger partial charge is 0.463 e. The van der Waals surface area contributed by atoms with Gasteiger partial charge in [-0.3, -0.25) is 0 Å². The Balaban J connectivity index is 1.95. The van der Waals surface area contributed by atoms with Crippen LogP contribution in [0, 0.1) is 5.92 Å². The number of hydrogen-bond acceptors (Lipinski definition) is 3. The molecule has 3 heterocycles. The Labute approximate surface area is 107 Å². The summed E-state index contributed by atoms with van der Waals surface area (Å²) in [6.45, 7) is -0.139. The zero-order valence-corrected chi connectivity index (χ0v) is 9.89. The van der Waals surface area contributed by atoms with Crippen LogP contribution >= 0.6 is 0 Å². The third kappa shape index (κ3) is 2.14. The molecular formula is C12H12F3N3O. The fourth-order valence-electron chi connectivity index (χ4n) is 2.38. The van der Waals surface area contributed by atoms with Crippen LogP contribution in [0.2, 0.25) is 0 Å². The monoisotopic (exact) mass is 271 g/mol. The van der Waals surface area contributed by atoms with Gasteiger partial charge in [0.1, 0.15) is 11.5 Å². The number of aromatic nitrogens is 2. The van der Waals surface area contributed by atoms with E-state index in [2.05, 4.69) is 4.98 Å². The number of nitrogens with zero attached hydrogens (tertiary/aromatic N) is 2. The molecule has 0 aliphatic carbocycles. The number of halogens is 3. The van der Waals surface area contributed by atoms with Crippen molar-refractivity contribution in [3.8, 4) is 11.5 Å². The van der Waals surface area contributed by atoms with E-state index in [0.29, 0.717) is 17.3 Å². The maximum Gasteiger partial charge on any atom is 0.393 e. The molecule has 0 saturated heterocycles. The number of hydrogen-bond donors (Lipinski definition) is 1. The lowest BCUT2D eigenvalue weighted by molar-refractivity contribution is -0.184. The van der Waals surface area contributed by atoms with E-state index in [1.54, 1.807) is 18.3 Å². The second-order valence-electron chi connectivity index (χ2n) is 4.69. The Kier molecular flexibility index (Phi) is 2.67. The highest BCUT2D eigenvalue weighted by Gasteiger charge is 2.44. The number of nitrogens with two attached hydrogens (primary N) is 1. The molecule has 1 aliphatic heterocycles. The van der Waals surface area contributed by atoms with E-state index in [4.69, 9.17) is 10.2 Å². The van der Waals surface area contributed by atoms with Gasteiger partial charge in [0, 0.05) is 12.7 Å². The minimum absolute atomic E-state index is 0.127. The molecule has 2 N–H and O–H groups in total. The molecule has 2 aromatic heterocycles. The minimum Gasteiger partial charge on any atom is -0.463 e. The fraction of sp³-hybridized carbons (Fsp3) is 0.417. The SMILES string of the molecule is NC1CC(C(F)(F)F)Cn2cc(-c3ccco3)nc21. The molecule has 0 spiro atoms. The normalized spacial score (nSPS) is 23.4. The van der Waals surface area contributed by atoms with E-state index in [9.17, 15) is 13.2 Å². The van der Waals surface area contributed by atoms with Gasteiger partial charge in [0.15, 0.2) is 5.76 Å². The van der Waals surface area contributed by atoms with Gasteiger partial charge >= 0.3 is 6.18 Å². The maximum atomic E-state index is 12.8. The van der Waals surface area contributed by atoms with Crippen molar-refractivity contribution in [1.82, 2.24) is 9.55 Å². The average molecular weight is 271 g/mol. The van der Waals surface area contributed by atoms with Crippen molar-refractivity contribution in [2.75, 3.05) is 0 Å². The maximum absolute atomic E-state index is 12.8. The highest BCUT2D eigenvalue weighted by molar-refractivity contribution is 5.51. The van der Waals surface area contributed by atoms with E-state index >= 15 is 0 Å². The summed E-state index contributed by atoms with van der Waals surface area (Å²) in [6.07, 6.45) is -1.30. The van der Waals surface area contributed by atoms with Crippen LogP contribution < -0.4 is 5.73 Å². The van der Waals surface area contributed by atoms with Crippen LogP contribution in [0.1, 0.15) is 18.3 Å². The molecule has 3 rings (SSSR count). The minimum atomic E-state index is -4.23. The Morgan fingerprint density at radius 3 is 2.84 bits per heavy atom. The van der Waals surface area contributed by atoms with Gasteiger partial charge in [0.2, 0.25) is 0 Å². The van der Waals surface area contributed by atoms with Gasteiger partial charge in [-0.05, 0) is 18.6 Å². The van der Waals surface area contributed by atoms with Crippen LogP contribution in [-0.2, 0) is 6.54 Å². The lowest BCUT2D eigenvalue weighted by Gasteiger charge is -2.29. The molecule has 2 atom stereocenters. The predicted molar refractivity (Wildman–Crippen MR) is 61.0 cm³/mol. The van der Waals surface area contributed by atoms with Crippen molar-refractivity contribution in [2.45, 2.75) is 25.2 Å². The van der Waals surface area contributed by atoms with Crippen LogP contribution in [0.5, 0.6) is 0 Å². The molecule has 0 fully saturated rings. The predicted octanol–water partition coefficient (Wildman–Crippen LogP) is 2.73. The number of furan rings is 1. The zero-order chi connectivity index (χ0) is 13.6. The van der Waals surface area contributed by atoms with E-state index in [0.717, 1.165) is 0 Å².